The highest BCUT2D eigenvalue weighted by Gasteiger charge is 2.26. The Balaban J connectivity index is 1.68. The monoisotopic (exact) mass is 289 g/mol. The molecule has 1 fully saturated rings. The Kier molecular flexibility index (Phi) is 5.57. The van der Waals surface area contributed by atoms with Gasteiger partial charge in [0.25, 0.3) is 0 Å². The lowest BCUT2D eigenvalue weighted by molar-refractivity contribution is -0.145. The van der Waals surface area contributed by atoms with E-state index in [9.17, 15) is 14.5 Å². The Hall–Kier alpha value is -2.08. The van der Waals surface area contributed by atoms with E-state index in [4.69, 9.17) is 0 Å². The lowest BCUT2D eigenvalue weighted by Gasteiger charge is -2.33. The number of carbonyl (C=O) groups excluding carboxylic acids is 2. The van der Waals surface area contributed by atoms with Crippen LogP contribution in [0.5, 0.6) is 0 Å². The zero-order chi connectivity index (χ0) is 15.1. The summed E-state index contributed by atoms with van der Waals surface area (Å²) in [5, 5.41) is 2.17. The van der Waals surface area contributed by atoms with Gasteiger partial charge < -0.3 is 4.90 Å². The second kappa shape index (κ2) is 7.64. The molecule has 0 atom stereocenters. The third-order valence-corrected chi connectivity index (χ3v) is 3.71. The summed E-state index contributed by atoms with van der Waals surface area (Å²) in [4.78, 5) is 36.2. The van der Waals surface area contributed by atoms with E-state index in [2.05, 4.69) is 22.2 Å². The van der Waals surface area contributed by atoms with Crippen LogP contribution in [-0.4, -0.2) is 54.3 Å². The van der Waals surface area contributed by atoms with Gasteiger partial charge in [-0.2, -0.15) is 0 Å². The molecule has 6 nitrogen and oxygen atoms in total. The highest BCUT2D eigenvalue weighted by molar-refractivity contribution is 6.35. The Labute approximate surface area is 123 Å². The molecular weight excluding hydrogens is 270 g/mol. The molecule has 0 radical (unpaired) electrons. The van der Waals surface area contributed by atoms with E-state index in [-0.39, 0.29) is 0 Å². The van der Waals surface area contributed by atoms with Crippen LogP contribution >= 0.6 is 0 Å². The van der Waals surface area contributed by atoms with Crippen LogP contribution in [0.3, 0.4) is 0 Å². The number of carbonyl (C=O) groups is 2. The molecule has 0 saturated carbocycles. The molecule has 1 saturated heterocycles. The lowest BCUT2D eigenvalue weighted by atomic mass is 10.1. The van der Waals surface area contributed by atoms with Crippen molar-refractivity contribution in [1.82, 2.24) is 9.80 Å². The van der Waals surface area contributed by atoms with E-state index in [1.54, 1.807) is 0 Å². The van der Waals surface area contributed by atoms with Crippen LogP contribution in [0.25, 0.3) is 0 Å². The van der Waals surface area contributed by atoms with Crippen molar-refractivity contribution in [2.24, 2.45) is 5.18 Å². The molecule has 0 spiro atoms. The summed E-state index contributed by atoms with van der Waals surface area (Å²) < 4.78 is 0. The van der Waals surface area contributed by atoms with Gasteiger partial charge in [-0.05, 0) is 24.9 Å². The van der Waals surface area contributed by atoms with Crippen LogP contribution in [0.15, 0.2) is 35.5 Å². The van der Waals surface area contributed by atoms with Gasteiger partial charge in [0.1, 0.15) is 0 Å². The molecule has 0 N–H and O–H groups in total. The molecular formula is C15H19N3O3. The minimum absolute atomic E-state index is 0.478. The minimum atomic E-state index is -1.20. The van der Waals surface area contributed by atoms with Gasteiger partial charge in [0.2, 0.25) is 0 Å². The SMILES string of the molecule is O=NC(=O)C(=O)N1CCN(CCCc2ccccc2)CC1. The van der Waals surface area contributed by atoms with Crippen LogP contribution in [-0.2, 0) is 16.0 Å². The van der Waals surface area contributed by atoms with Gasteiger partial charge in [0.15, 0.2) is 0 Å². The molecule has 1 aliphatic rings. The van der Waals surface area contributed by atoms with Gasteiger partial charge in [0, 0.05) is 31.4 Å². The number of nitroso groups, excluding NO2 is 1. The standard InChI is InChI=1S/C15H19N3O3/c19-14(16-21)15(20)18-11-9-17(10-12-18)8-4-7-13-5-2-1-3-6-13/h1-3,5-6H,4,7-12H2. The number of hydrogen-bond acceptors (Lipinski definition) is 4. The van der Waals surface area contributed by atoms with Gasteiger partial charge in [0.05, 0.1) is 0 Å². The summed E-state index contributed by atoms with van der Waals surface area (Å²) >= 11 is 0. The summed E-state index contributed by atoms with van der Waals surface area (Å²) in [5.74, 6) is -1.98. The molecule has 1 aliphatic heterocycles. The van der Waals surface area contributed by atoms with Crippen molar-refractivity contribution >= 4 is 11.8 Å². The lowest BCUT2D eigenvalue weighted by Crippen LogP contribution is -2.50. The van der Waals surface area contributed by atoms with E-state index < -0.39 is 11.8 Å². The van der Waals surface area contributed by atoms with Crippen molar-refractivity contribution in [2.75, 3.05) is 32.7 Å². The van der Waals surface area contributed by atoms with Crippen molar-refractivity contribution in [3.63, 3.8) is 0 Å². The number of aryl methyl sites for hydroxylation is 1. The average molecular weight is 289 g/mol. The molecule has 1 aromatic rings. The quantitative estimate of drug-likeness (QED) is 0.614. The molecule has 0 aromatic heterocycles. The van der Waals surface area contributed by atoms with Crippen molar-refractivity contribution in [2.45, 2.75) is 12.8 Å². The maximum atomic E-state index is 11.5. The van der Waals surface area contributed by atoms with Crippen molar-refractivity contribution in [3.8, 4) is 0 Å². The number of rotatable bonds is 4. The number of piperazine rings is 1. The molecule has 6 heteroatoms. The predicted molar refractivity (Wildman–Crippen MR) is 78.6 cm³/mol. The van der Waals surface area contributed by atoms with Gasteiger partial charge in [-0.15, -0.1) is 4.91 Å². The van der Waals surface area contributed by atoms with Crippen molar-refractivity contribution in [3.05, 3.63) is 40.8 Å². The number of amides is 2. The van der Waals surface area contributed by atoms with E-state index >= 15 is 0 Å². The van der Waals surface area contributed by atoms with Crippen LogP contribution in [0.1, 0.15) is 12.0 Å². The minimum Gasteiger partial charge on any atom is -0.332 e. The maximum Gasteiger partial charge on any atom is 0.373 e. The van der Waals surface area contributed by atoms with Crippen LogP contribution in [0.2, 0.25) is 0 Å². The Morgan fingerprint density at radius 2 is 1.71 bits per heavy atom. The van der Waals surface area contributed by atoms with Crippen LogP contribution < -0.4 is 0 Å². The highest BCUT2D eigenvalue weighted by Crippen LogP contribution is 2.07. The fraction of sp³-hybridized carbons (Fsp3) is 0.467. The van der Waals surface area contributed by atoms with Crippen molar-refractivity contribution < 1.29 is 9.59 Å². The Bertz CT molecular complexity index is 496. The molecule has 1 aromatic carbocycles. The Morgan fingerprint density at radius 1 is 1.05 bits per heavy atom. The van der Waals surface area contributed by atoms with Gasteiger partial charge in [-0.3, -0.25) is 14.5 Å². The number of benzene rings is 1. The molecule has 2 amide bonds. The van der Waals surface area contributed by atoms with E-state index in [0.717, 1.165) is 32.5 Å². The molecule has 2 rings (SSSR count). The fourth-order valence-electron chi connectivity index (χ4n) is 2.50. The van der Waals surface area contributed by atoms with E-state index in [0.29, 0.717) is 13.1 Å². The second-order valence-electron chi connectivity index (χ2n) is 5.12. The van der Waals surface area contributed by atoms with Gasteiger partial charge >= 0.3 is 11.8 Å². The normalized spacial score (nSPS) is 15.7. The zero-order valence-electron chi connectivity index (χ0n) is 11.9. The summed E-state index contributed by atoms with van der Waals surface area (Å²) in [7, 11) is 0. The highest BCUT2D eigenvalue weighted by atomic mass is 16.3. The first-order chi connectivity index (χ1) is 10.2. The topological polar surface area (TPSA) is 70.0 Å². The third-order valence-electron chi connectivity index (χ3n) is 3.71. The predicted octanol–water partition coefficient (Wildman–Crippen LogP) is 1.06. The smallest absolute Gasteiger partial charge is 0.332 e. The Morgan fingerprint density at radius 3 is 2.33 bits per heavy atom. The summed E-state index contributed by atoms with van der Waals surface area (Å²) in [6, 6.07) is 10.3. The number of nitrogens with zero attached hydrogens (tertiary/aromatic N) is 3. The van der Waals surface area contributed by atoms with Crippen LogP contribution in [0, 0.1) is 4.91 Å². The van der Waals surface area contributed by atoms with Crippen molar-refractivity contribution in [1.29, 1.82) is 0 Å². The first-order valence-electron chi connectivity index (χ1n) is 7.13. The summed E-state index contributed by atoms with van der Waals surface area (Å²) in [5.41, 5.74) is 1.33. The van der Waals surface area contributed by atoms with Gasteiger partial charge in [-0.1, -0.05) is 30.3 Å². The molecule has 0 aliphatic carbocycles. The van der Waals surface area contributed by atoms with E-state index in [1.165, 1.54) is 10.5 Å². The first-order valence-corrected chi connectivity index (χ1v) is 7.13. The largest absolute Gasteiger partial charge is 0.373 e. The number of hydrogen-bond donors (Lipinski definition) is 0. The molecule has 21 heavy (non-hydrogen) atoms. The average Bonchev–Trinajstić information content (AvgIpc) is 2.55. The maximum absolute atomic E-state index is 11.5. The molecule has 112 valence electrons. The third kappa shape index (κ3) is 4.46. The zero-order valence-corrected chi connectivity index (χ0v) is 11.9. The fourth-order valence-corrected chi connectivity index (χ4v) is 2.50. The van der Waals surface area contributed by atoms with Gasteiger partial charge in [-0.25, -0.2) is 0 Å². The first kappa shape index (κ1) is 15.3. The van der Waals surface area contributed by atoms with E-state index in [1.807, 2.05) is 18.2 Å². The molecule has 1 heterocycles. The van der Waals surface area contributed by atoms with Crippen LogP contribution in [0.4, 0.5) is 0 Å². The molecule has 0 unspecified atom stereocenters. The second-order valence-corrected chi connectivity index (χ2v) is 5.12. The molecule has 0 bridgehead atoms. The summed E-state index contributed by atoms with van der Waals surface area (Å²) in [6.07, 6.45) is 2.10. The summed E-state index contributed by atoms with van der Waals surface area (Å²) in [6.45, 7) is 3.38.